The average molecular weight is 582 g/mol. The van der Waals surface area contributed by atoms with Gasteiger partial charge in [0.05, 0.1) is 44.8 Å². The van der Waals surface area contributed by atoms with E-state index in [0.717, 1.165) is 22.1 Å². The first-order valence-corrected chi connectivity index (χ1v) is 13.8. The van der Waals surface area contributed by atoms with Gasteiger partial charge in [-0.15, -0.1) is 0 Å². The van der Waals surface area contributed by atoms with E-state index in [0.29, 0.717) is 31.7 Å². The number of aromatic nitrogens is 4. The van der Waals surface area contributed by atoms with Gasteiger partial charge < -0.3 is 20.6 Å². The van der Waals surface area contributed by atoms with Crippen LogP contribution in [0.5, 0.6) is 0 Å². The van der Waals surface area contributed by atoms with Crippen LogP contribution >= 0.6 is 46.7 Å². The maximum Gasteiger partial charge on any atom is 0.234 e. The SMILES string of the molecule is N#Cc1cc(NC(=O)CSc2nc3ccc(Cl)cc3[nH]2)ccc1NC(=O)CSc1nc2ccc(Cl)cc2[nH]1. The number of thioether (sulfide) groups is 2. The number of hydrogen-bond acceptors (Lipinski definition) is 7. The van der Waals surface area contributed by atoms with E-state index >= 15 is 0 Å². The Hall–Kier alpha value is -3.69. The third-order valence-corrected chi connectivity index (χ3v) is 7.44. The lowest BCUT2D eigenvalue weighted by atomic mass is 10.1. The molecule has 5 aromatic rings. The molecule has 0 aliphatic heterocycles. The molecule has 38 heavy (non-hydrogen) atoms. The lowest BCUT2D eigenvalue weighted by Gasteiger charge is -2.09. The molecule has 3 aromatic carbocycles. The van der Waals surface area contributed by atoms with Gasteiger partial charge in [0.2, 0.25) is 11.8 Å². The van der Waals surface area contributed by atoms with Crippen LogP contribution in [0.1, 0.15) is 5.56 Å². The minimum Gasteiger partial charge on any atom is -0.333 e. The Bertz CT molecular complexity index is 1730. The number of halogens is 2. The van der Waals surface area contributed by atoms with Gasteiger partial charge in [-0.2, -0.15) is 5.26 Å². The molecule has 13 heteroatoms. The largest absolute Gasteiger partial charge is 0.333 e. The number of anilines is 2. The van der Waals surface area contributed by atoms with Crippen molar-refractivity contribution < 1.29 is 9.59 Å². The number of H-pyrrole nitrogens is 2. The van der Waals surface area contributed by atoms with Gasteiger partial charge in [-0.3, -0.25) is 9.59 Å². The standard InChI is InChI=1S/C25H17Cl2N7O2S2/c26-14-1-4-18-20(8-14)33-24(31-18)37-11-22(35)29-16-3-6-17(13(7-16)10-28)30-23(36)12-38-25-32-19-5-2-15(27)9-21(19)34-25/h1-9H,11-12H2,(H,29,35)(H,30,36)(H,31,33)(H,32,34). The van der Waals surface area contributed by atoms with Crippen LogP contribution in [-0.2, 0) is 9.59 Å². The third kappa shape index (κ3) is 6.23. The summed E-state index contributed by atoms with van der Waals surface area (Å²) in [7, 11) is 0. The van der Waals surface area contributed by atoms with E-state index in [-0.39, 0.29) is 28.9 Å². The van der Waals surface area contributed by atoms with Crippen LogP contribution in [0, 0.1) is 11.3 Å². The summed E-state index contributed by atoms with van der Waals surface area (Å²) in [4.78, 5) is 40.0. The first kappa shape index (κ1) is 25.9. The first-order chi connectivity index (χ1) is 18.4. The second kappa shape index (κ2) is 11.4. The third-order valence-electron chi connectivity index (χ3n) is 5.22. The zero-order chi connectivity index (χ0) is 26.6. The van der Waals surface area contributed by atoms with E-state index in [1.807, 2.05) is 0 Å². The number of carbonyl (C=O) groups excluding carboxylic acids is 2. The molecule has 0 saturated carbocycles. The minimum atomic E-state index is -0.301. The van der Waals surface area contributed by atoms with Crippen molar-refractivity contribution in [3.63, 3.8) is 0 Å². The molecule has 0 radical (unpaired) electrons. The maximum absolute atomic E-state index is 12.5. The first-order valence-electron chi connectivity index (χ1n) is 11.1. The Kier molecular flexibility index (Phi) is 7.76. The molecule has 2 heterocycles. The molecule has 5 rings (SSSR count). The predicted octanol–water partition coefficient (Wildman–Crippen LogP) is 6.08. The molecule has 190 valence electrons. The van der Waals surface area contributed by atoms with Gasteiger partial charge in [-0.25, -0.2) is 9.97 Å². The van der Waals surface area contributed by atoms with Crippen LogP contribution in [-0.4, -0.2) is 43.3 Å². The number of rotatable bonds is 8. The molecule has 2 aromatic heterocycles. The lowest BCUT2D eigenvalue weighted by molar-refractivity contribution is -0.114. The van der Waals surface area contributed by atoms with Crippen LogP contribution < -0.4 is 10.6 Å². The summed E-state index contributed by atoms with van der Waals surface area (Å²) >= 11 is 14.5. The van der Waals surface area contributed by atoms with Crippen molar-refractivity contribution in [3.8, 4) is 6.07 Å². The molecular weight excluding hydrogens is 565 g/mol. The van der Waals surface area contributed by atoms with Gasteiger partial charge in [0.15, 0.2) is 10.3 Å². The fourth-order valence-corrected chi connectivity index (χ4v) is 5.24. The normalized spacial score (nSPS) is 11.0. The van der Waals surface area contributed by atoms with Crippen molar-refractivity contribution in [1.29, 1.82) is 5.26 Å². The highest BCUT2D eigenvalue weighted by atomic mass is 35.5. The van der Waals surface area contributed by atoms with Gasteiger partial charge in [-0.05, 0) is 54.6 Å². The van der Waals surface area contributed by atoms with Crippen LogP contribution in [0.3, 0.4) is 0 Å². The Morgan fingerprint density at radius 2 is 1.37 bits per heavy atom. The van der Waals surface area contributed by atoms with Gasteiger partial charge in [-0.1, -0.05) is 46.7 Å². The molecule has 0 bridgehead atoms. The van der Waals surface area contributed by atoms with E-state index in [2.05, 4.69) is 36.6 Å². The maximum atomic E-state index is 12.5. The summed E-state index contributed by atoms with van der Waals surface area (Å²) in [6, 6.07) is 17.4. The van der Waals surface area contributed by atoms with Crippen molar-refractivity contribution in [2.24, 2.45) is 0 Å². The number of nitrogens with zero attached hydrogens (tertiary/aromatic N) is 3. The fourth-order valence-electron chi connectivity index (χ4n) is 3.53. The minimum absolute atomic E-state index is 0.0854. The number of carbonyl (C=O) groups is 2. The number of nitrogens with one attached hydrogen (secondary N) is 4. The molecular formula is C25H17Cl2N7O2S2. The van der Waals surface area contributed by atoms with Crippen LogP contribution in [0.15, 0.2) is 64.9 Å². The van der Waals surface area contributed by atoms with E-state index < -0.39 is 0 Å². The van der Waals surface area contributed by atoms with Crippen LogP contribution in [0.2, 0.25) is 10.0 Å². The number of amides is 2. The highest BCUT2D eigenvalue weighted by Crippen LogP contribution is 2.25. The Morgan fingerprint density at radius 1 is 0.816 bits per heavy atom. The number of nitriles is 1. The van der Waals surface area contributed by atoms with Crippen molar-refractivity contribution >= 4 is 92.0 Å². The summed E-state index contributed by atoms with van der Waals surface area (Å²) in [5, 5.41) is 17.4. The van der Waals surface area contributed by atoms with Crippen LogP contribution in [0.4, 0.5) is 11.4 Å². The summed E-state index contributed by atoms with van der Waals surface area (Å²) < 4.78 is 0. The highest BCUT2D eigenvalue weighted by Gasteiger charge is 2.13. The van der Waals surface area contributed by atoms with Crippen molar-refractivity contribution in [2.45, 2.75) is 10.3 Å². The second-order valence-corrected chi connectivity index (χ2v) is 10.8. The van der Waals surface area contributed by atoms with Crippen LogP contribution in [0.25, 0.3) is 22.1 Å². The zero-order valence-corrected chi connectivity index (χ0v) is 22.5. The molecule has 9 nitrogen and oxygen atoms in total. The molecule has 0 aliphatic rings. The predicted molar refractivity (Wildman–Crippen MR) is 152 cm³/mol. The average Bonchev–Trinajstić information content (AvgIpc) is 3.49. The Morgan fingerprint density at radius 3 is 1.92 bits per heavy atom. The summed E-state index contributed by atoms with van der Waals surface area (Å²) in [6.45, 7) is 0. The van der Waals surface area contributed by atoms with E-state index in [9.17, 15) is 14.9 Å². The van der Waals surface area contributed by atoms with Gasteiger partial charge >= 0.3 is 0 Å². The Balaban J connectivity index is 1.15. The molecule has 0 spiro atoms. The molecule has 0 atom stereocenters. The lowest BCUT2D eigenvalue weighted by Crippen LogP contribution is -2.16. The number of fused-ring (bicyclic) bond motifs is 2. The molecule has 0 aliphatic carbocycles. The van der Waals surface area contributed by atoms with Crippen molar-refractivity contribution in [3.05, 3.63) is 70.2 Å². The van der Waals surface area contributed by atoms with E-state index in [1.165, 1.54) is 29.6 Å². The molecule has 0 fully saturated rings. The molecule has 2 amide bonds. The second-order valence-electron chi connectivity index (χ2n) is 7.95. The molecule has 0 saturated heterocycles. The monoisotopic (exact) mass is 581 g/mol. The van der Waals surface area contributed by atoms with Gasteiger partial charge in [0.25, 0.3) is 0 Å². The van der Waals surface area contributed by atoms with Gasteiger partial charge in [0.1, 0.15) is 6.07 Å². The quantitative estimate of drug-likeness (QED) is 0.163. The van der Waals surface area contributed by atoms with Gasteiger partial charge in [0, 0.05) is 15.7 Å². The highest BCUT2D eigenvalue weighted by molar-refractivity contribution is 8.00. The molecule has 0 unspecified atom stereocenters. The number of hydrogen-bond donors (Lipinski definition) is 4. The fraction of sp³-hybridized carbons (Fsp3) is 0.0800. The zero-order valence-electron chi connectivity index (χ0n) is 19.3. The van der Waals surface area contributed by atoms with Crippen molar-refractivity contribution in [1.82, 2.24) is 19.9 Å². The number of aromatic amines is 2. The summed E-state index contributed by atoms with van der Waals surface area (Å²) in [6.07, 6.45) is 0. The Labute approximate surface area is 234 Å². The summed E-state index contributed by atoms with van der Waals surface area (Å²) in [5.41, 5.74) is 4.10. The van der Waals surface area contributed by atoms with E-state index in [4.69, 9.17) is 23.2 Å². The topological polar surface area (TPSA) is 139 Å². The van der Waals surface area contributed by atoms with Crippen molar-refractivity contribution in [2.75, 3.05) is 22.1 Å². The molecule has 4 N–H and O–H groups in total. The smallest absolute Gasteiger partial charge is 0.234 e. The number of imidazole rings is 2. The number of benzene rings is 3. The van der Waals surface area contributed by atoms with E-state index in [1.54, 1.807) is 48.5 Å². The summed E-state index contributed by atoms with van der Waals surface area (Å²) in [5.74, 6) is -0.371.